The quantitative estimate of drug-likeness (QED) is 0.465. The lowest BCUT2D eigenvalue weighted by molar-refractivity contribution is -0.385. The summed E-state index contributed by atoms with van der Waals surface area (Å²) in [7, 11) is -0.771. The fourth-order valence-electron chi connectivity index (χ4n) is 1.52. The van der Waals surface area contributed by atoms with Crippen LogP contribution in [0.4, 0.5) is 5.69 Å². The maximum Gasteiger partial charge on any atom is 0.272 e. The first-order valence-electron chi connectivity index (χ1n) is 5.84. The first-order chi connectivity index (χ1) is 8.54. The molecule has 1 aromatic rings. The number of aryl methyl sites for hydroxylation is 1. The van der Waals surface area contributed by atoms with Crippen LogP contribution in [-0.4, -0.2) is 27.2 Å². The summed E-state index contributed by atoms with van der Waals surface area (Å²) in [5.74, 6) is 1.28. The van der Waals surface area contributed by atoms with Crippen LogP contribution in [0, 0.1) is 17.0 Å². The number of nitrogens with one attached hydrogen (secondary N) is 1. The molecule has 1 rings (SSSR count). The van der Waals surface area contributed by atoms with E-state index in [0.717, 1.165) is 5.56 Å². The summed E-state index contributed by atoms with van der Waals surface area (Å²) in [6.45, 7) is 4.82. The van der Waals surface area contributed by atoms with E-state index in [1.165, 1.54) is 0 Å². The third-order valence-electron chi connectivity index (χ3n) is 2.63. The van der Waals surface area contributed by atoms with Crippen LogP contribution in [0.1, 0.15) is 18.1 Å². The van der Waals surface area contributed by atoms with E-state index in [9.17, 15) is 14.3 Å². The second-order valence-electron chi connectivity index (χ2n) is 3.99. The molecule has 1 atom stereocenters. The topological polar surface area (TPSA) is 72.2 Å². The summed E-state index contributed by atoms with van der Waals surface area (Å²) in [4.78, 5) is 10.4. The van der Waals surface area contributed by atoms with Gasteiger partial charge in [-0.3, -0.25) is 14.3 Å². The van der Waals surface area contributed by atoms with Gasteiger partial charge < -0.3 is 5.32 Å². The van der Waals surface area contributed by atoms with Crippen LogP contribution in [0.3, 0.4) is 0 Å². The van der Waals surface area contributed by atoms with Crippen LogP contribution in [-0.2, 0) is 17.3 Å². The lowest BCUT2D eigenvalue weighted by Gasteiger charge is -2.05. The van der Waals surface area contributed by atoms with Crippen LogP contribution in [0.5, 0.6) is 0 Å². The molecule has 6 heteroatoms. The van der Waals surface area contributed by atoms with Crippen LogP contribution < -0.4 is 5.32 Å². The largest absolute Gasteiger partial charge is 0.312 e. The Balaban J connectivity index is 2.50. The van der Waals surface area contributed by atoms with Crippen molar-refractivity contribution in [3.63, 3.8) is 0 Å². The first-order valence-corrected chi connectivity index (χ1v) is 7.33. The molecule has 100 valence electrons. The Kier molecular flexibility index (Phi) is 5.94. The summed E-state index contributed by atoms with van der Waals surface area (Å²) in [6, 6.07) is 5.20. The van der Waals surface area contributed by atoms with Gasteiger partial charge in [-0.15, -0.1) is 0 Å². The van der Waals surface area contributed by atoms with E-state index in [1.54, 1.807) is 19.1 Å². The van der Waals surface area contributed by atoms with E-state index in [1.807, 2.05) is 13.0 Å². The third kappa shape index (κ3) is 4.54. The zero-order chi connectivity index (χ0) is 13.5. The molecule has 5 nitrogen and oxygen atoms in total. The van der Waals surface area contributed by atoms with Crippen LogP contribution in [0.25, 0.3) is 0 Å². The molecule has 1 unspecified atom stereocenters. The zero-order valence-electron chi connectivity index (χ0n) is 10.6. The number of benzene rings is 1. The predicted octanol–water partition coefficient (Wildman–Crippen LogP) is 1.76. The molecule has 0 radical (unpaired) electrons. The monoisotopic (exact) mass is 270 g/mol. The Morgan fingerprint density at radius 3 is 2.78 bits per heavy atom. The minimum atomic E-state index is -0.771. The minimum absolute atomic E-state index is 0.145. The molecular weight excluding hydrogens is 252 g/mol. The molecule has 0 saturated heterocycles. The first kappa shape index (κ1) is 14.8. The van der Waals surface area contributed by atoms with Gasteiger partial charge >= 0.3 is 0 Å². The Hall–Kier alpha value is -1.27. The Bertz CT molecular complexity index is 449. The van der Waals surface area contributed by atoms with Crippen LogP contribution in [0.2, 0.25) is 0 Å². The molecule has 0 spiro atoms. The van der Waals surface area contributed by atoms with E-state index in [-0.39, 0.29) is 10.6 Å². The van der Waals surface area contributed by atoms with E-state index >= 15 is 0 Å². The smallest absolute Gasteiger partial charge is 0.272 e. The summed E-state index contributed by atoms with van der Waals surface area (Å²) >= 11 is 0. The summed E-state index contributed by atoms with van der Waals surface area (Å²) < 4.78 is 11.2. The average molecular weight is 270 g/mol. The van der Waals surface area contributed by atoms with E-state index in [0.29, 0.717) is 30.2 Å². The van der Waals surface area contributed by atoms with Crippen molar-refractivity contribution in [3.05, 3.63) is 39.4 Å². The van der Waals surface area contributed by atoms with Gasteiger partial charge in [0.2, 0.25) is 0 Å². The molecule has 0 bridgehead atoms. The molecule has 0 aliphatic carbocycles. The van der Waals surface area contributed by atoms with Crippen LogP contribution >= 0.6 is 0 Å². The lowest BCUT2D eigenvalue weighted by Crippen LogP contribution is -2.20. The Morgan fingerprint density at radius 1 is 1.44 bits per heavy atom. The molecule has 18 heavy (non-hydrogen) atoms. The highest BCUT2D eigenvalue weighted by Gasteiger charge is 2.10. The average Bonchev–Trinajstić information content (AvgIpc) is 2.35. The maximum absolute atomic E-state index is 11.2. The van der Waals surface area contributed by atoms with Gasteiger partial charge in [-0.05, 0) is 12.5 Å². The molecule has 0 aliphatic rings. The number of nitro groups is 1. The Labute approximate surface area is 109 Å². The third-order valence-corrected chi connectivity index (χ3v) is 3.93. The highest BCUT2D eigenvalue weighted by Crippen LogP contribution is 2.18. The second-order valence-corrected chi connectivity index (χ2v) is 5.85. The highest BCUT2D eigenvalue weighted by atomic mass is 32.2. The van der Waals surface area contributed by atoms with E-state index in [2.05, 4.69) is 5.32 Å². The van der Waals surface area contributed by atoms with Gasteiger partial charge in [0.1, 0.15) is 0 Å². The molecule has 0 aliphatic heterocycles. The van der Waals surface area contributed by atoms with Gasteiger partial charge in [-0.25, -0.2) is 0 Å². The molecule has 1 aromatic carbocycles. The summed E-state index contributed by atoms with van der Waals surface area (Å²) in [5.41, 5.74) is 1.68. The molecule has 0 fully saturated rings. The standard InChI is InChI=1S/C12H18N2O3S/c1-3-18(17)7-6-13-9-11-5-4-10(2)12(8-11)14(15)16/h4-5,8,13H,3,6-7,9H2,1-2H3. The van der Waals surface area contributed by atoms with Gasteiger partial charge in [0.05, 0.1) is 4.92 Å². The second kappa shape index (κ2) is 7.23. The molecule has 0 heterocycles. The number of hydrogen-bond donors (Lipinski definition) is 1. The number of nitrogens with zero attached hydrogens (tertiary/aromatic N) is 1. The van der Waals surface area contributed by atoms with Crippen molar-refractivity contribution in [1.29, 1.82) is 0 Å². The molecule has 0 amide bonds. The molecular formula is C12H18N2O3S. The van der Waals surface area contributed by atoms with Crippen molar-refractivity contribution in [1.82, 2.24) is 5.32 Å². The SMILES string of the molecule is CCS(=O)CCNCc1ccc(C)c([N+](=O)[O-])c1. The molecule has 0 saturated carbocycles. The van der Waals surface area contributed by atoms with Crippen molar-refractivity contribution in [2.75, 3.05) is 18.1 Å². The number of hydrogen-bond acceptors (Lipinski definition) is 4. The highest BCUT2D eigenvalue weighted by molar-refractivity contribution is 7.84. The fraction of sp³-hybridized carbons (Fsp3) is 0.500. The van der Waals surface area contributed by atoms with Gasteiger partial charge in [0, 0.05) is 47.0 Å². The maximum atomic E-state index is 11.2. The minimum Gasteiger partial charge on any atom is -0.312 e. The van der Waals surface area contributed by atoms with Gasteiger partial charge in [0.15, 0.2) is 0 Å². The zero-order valence-corrected chi connectivity index (χ0v) is 11.5. The van der Waals surface area contributed by atoms with Crippen molar-refractivity contribution in [2.45, 2.75) is 20.4 Å². The predicted molar refractivity (Wildman–Crippen MR) is 73.1 cm³/mol. The van der Waals surface area contributed by atoms with Gasteiger partial charge in [0.25, 0.3) is 5.69 Å². The van der Waals surface area contributed by atoms with E-state index in [4.69, 9.17) is 0 Å². The Morgan fingerprint density at radius 2 is 2.17 bits per heavy atom. The number of nitro benzene ring substituents is 1. The van der Waals surface area contributed by atoms with Crippen LogP contribution in [0.15, 0.2) is 18.2 Å². The van der Waals surface area contributed by atoms with Crippen molar-refractivity contribution >= 4 is 16.5 Å². The van der Waals surface area contributed by atoms with Gasteiger partial charge in [-0.1, -0.05) is 19.1 Å². The number of rotatable bonds is 7. The normalized spacial score (nSPS) is 12.3. The van der Waals surface area contributed by atoms with Crippen molar-refractivity contribution in [3.8, 4) is 0 Å². The van der Waals surface area contributed by atoms with Crippen molar-refractivity contribution in [2.24, 2.45) is 0 Å². The van der Waals surface area contributed by atoms with Crippen molar-refractivity contribution < 1.29 is 9.13 Å². The summed E-state index contributed by atoms with van der Waals surface area (Å²) in [6.07, 6.45) is 0. The molecule has 0 aromatic heterocycles. The van der Waals surface area contributed by atoms with E-state index < -0.39 is 10.8 Å². The fourth-order valence-corrected chi connectivity index (χ4v) is 2.19. The summed E-state index contributed by atoms with van der Waals surface area (Å²) in [5, 5.41) is 13.9. The van der Waals surface area contributed by atoms with Gasteiger partial charge in [-0.2, -0.15) is 0 Å². The molecule has 1 N–H and O–H groups in total. The lowest BCUT2D eigenvalue weighted by atomic mass is 10.1.